The Kier molecular flexibility index (Phi) is 5.01. The zero-order valence-electron chi connectivity index (χ0n) is 14.8. The summed E-state index contributed by atoms with van der Waals surface area (Å²) in [5.41, 5.74) is 0.617. The molecule has 2 atom stereocenters. The van der Waals surface area contributed by atoms with Crippen molar-refractivity contribution in [1.29, 1.82) is 0 Å². The summed E-state index contributed by atoms with van der Waals surface area (Å²) in [7, 11) is 3.06. The molecule has 0 radical (unpaired) electrons. The summed E-state index contributed by atoms with van der Waals surface area (Å²) in [4.78, 5) is 39.3. The first-order chi connectivity index (χ1) is 12.4. The topological polar surface area (TPSA) is 96.4 Å². The van der Waals surface area contributed by atoms with Gasteiger partial charge in [0.05, 0.1) is 31.7 Å². The first-order valence-corrected chi connectivity index (χ1v) is 8.48. The maximum Gasteiger partial charge on any atom is 0.308 e. The van der Waals surface area contributed by atoms with Crippen LogP contribution in [0.25, 0.3) is 0 Å². The minimum absolute atomic E-state index is 0.118. The van der Waals surface area contributed by atoms with Crippen LogP contribution in [-0.4, -0.2) is 61.6 Å². The number of rotatable bonds is 5. The molecule has 8 heteroatoms. The number of anilines is 1. The molecule has 3 rings (SSSR count). The van der Waals surface area contributed by atoms with Crippen LogP contribution in [0.5, 0.6) is 11.5 Å². The SMILES string of the molecule is COc1cc(OC)cc(N2C[C@@H](C(=O)N3CC[C@@H](C(=O)O)C3)CC2=O)c1. The van der Waals surface area contributed by atoms with Gasteiger partial charge in [-0.05, 0) is 6.42 Å². The van der Waals surface area contributed by atoms with Crippen LogP contribution < -0.4 is 14.4 Å². The van der Waals surface area contributed by atoms with Gasteiger partial charge < -0.3 is 24.4 Å². The van der Waals surface area contributed by atoms with Crippen molar-refractivity contribution in [2.24, 2.45) is 11.8 Å². The van der Waals surface area contributed by atoms with E-state index in [2.05, 4.69) is 0 Å². The third kappa shape index (κ3) is 3.44. The highest BCUT2D eigenvalue weighted by molar-refractivity contribution is 6.00. The van der Waals surface area contributed by atoms with Gasteiger partial charge in [0.1, 0.15) is 11.5 Å². The highest BCUT2D eigenvalue weighted by atomic mass is 16.5. The molecule has 1 aromatic carbocycles. The molecule has 0 aromatic heterocycles. The molecule has 2 aliphatic rings. The lowest BCUT2D eigenvalue weighted by atomic mass is 10.1. The number of carboxylic acids is 1. The normalized spacial score (nSPS) is 22.6. The lowest BCUT2D eigenvalue weighted by Crippen LogP contribution is -2.36. The molecule has 2 amide bonds. The molecule has 1 N–H and O–H groups in total. The largest absolute Gasteiger partial charge is 0.497 e. The van der Waals surface area contributed by atoms with Gasteiger partial charge in [0.2, 0.25) is 11.8 Å². The quantitative estimate of drug-likeness (QED) is 0.839. The average molecular weight is 362 g/mol. The second-order valence-corrected chi connectivity index (χ2v) is 6.58. The predicted molar refractivity (Wildman–Crippen MR) is 92.3 cm³/mol. The summed E-state index contributed by atoms with van der Waals surface area (Å²) < 4.78 is 10.5. The zero-order valence-corrected chi connectivity index (χ0v) is 14.8. The second kappa shape index (κ2) is 7.23. The molecule has 0 bridgehead atoms. The van der Waals surface area contributed by atoms with Crippen molar-refractivity contribution in [2.75, 3.05) is 38.8 Å². The predicted octanol–water partition coefficient (Wildman–Crippen LogP) is 0.990. The third-order valence-corrected chi connectivity index (χ3v) is 4.97. The Bertz CT molecular complexity index is 712. The fourth-order valence-corrected chi connectivity index (χ4v) is 3.49. The number of carbonyl (C=O) groups excluding carboxylic acids is 2. The zero-order chi connectivity index (χ0) is 18.8. The van der Waals surface area contributed by atoms with Crippen molar-refractivity contribution in [3.63, 3.8) is 0 Å². The Morgan fingerprint density at radius 2 is 1.73 bits per heavy atom. The number of hydrogen-bond acceptors (Lipinski definition) is 5. The highest BCUT2D eigenvalue weighted by Crippen LogP contribution is 2.33. The third-order valence-electron chi connectivity index (χ3n) is 4.97. The van der Waals surface area contributed by atoms with Gasteiger partial charge in [-0.2, -0.15) is 0 Å². The lowest BCUT2D eigenvalue weighted by molar-refractivity contribution is -0.141. The number of ether oxygens (including phenoxy) is 2. The first-order valence-electron chi connectivity index (χ1n) is 8.48. The molecule has 2 saturated heterocycles. The van der Waals surface area contributed by atoms with Crippen molar-refractivity contribution in [3.8, 4) is 11.5 Å². The van der Waals surface area contributed by atoms with Gasteiger partial charge in [-0.15, -0.1) is 0 Å². The number of aliphatic carboxylic acids is 1. The summed E-state index contributed by atoms with van der Waals surface area (Å²) in [6.07, 6.45) is 0.575. The fourth-order valence-electron chi connectivity index (χ4n) is 3.49. The van der Waals surface area contributed by atoms with Gasteiger partial charge in [-0.3, -0.25) is 14.4 Å². The molecular weight excluding hydrogens is 340 g/mol. The Hall–Kier alpha value is -2.77. The van der Waals surface area contributed by atoms with Crippen LogP contribution in [0.15, 0.2) is 18.2 Å². The van der Waals surface area contributed by atoms with E-state index in [-0.39, 0.29) is 31.3 Å². The monoisotopic (exact) mass is 362 g/mol. The van der Waals surface area contributed by atoms with E-state index in [1.165, 1.54) is 14.2 Å². The average Bonchev–Trinajstić information content (AvgIpc) is 3.27. The molecule has 2 aliphatic heterocycles. The van der Waals surface area contributed by atoms with Crippen molar-refractivity contribution >= 4 is 23.5 Å². The summed E-state index contributed by atoms with van der Waals surface area (Å²) in [5.74, 6) is -1.04. The number of carboxylic acid groups (broad SMARTS) is 1. The van der Waals surface area contributed by atoms with Crippen LogP contribution in [0.3, 0.4) is 0 Å². The van der Waals surface area contributed by atoms with Crippen molar-refractivity contribution < 1.29 is 29.0 Å². The summed E-state index contributed by atoms with van der Waals surface area (Å²) in [5, 5.41) is 9.09. The Morgan fingerprint density at radius 3 is 2.27 bits per heavy atom. The van der Waals surface area contributed by atoms with Crippen LogP contribution in [0.1, 0.15) is 12.8 Å². The molecule has 2 heterocycles. The number of hydrogen-bond donors (Lipinski definition) is 1. The van der Waals surface area contributed by atoms with Crippen molar-refractivity contribution in [1.82, 2.24) is 4.90 Å². The molecule has 1 aromatic rings. The molecule has 0 unspecified atom stereocenters. The van der Waals surface area contributed by atoms with E-state index < -0.39 is 17.8 Å². The number of likely N-dealkylation sites (tertiary alicyclic amines) is 1. The second-order valence-electron chi connectivity index (χ2n) is 6.58. The lowest BCUT2D eigenvalue weighted by Gasteiger charge is -2.21. The maximum absolute atomic E-state index is 12.7. The molecule has 0 spiro atoms. The number of benzene rings is 1. The standard InChI is InChI=1S/C18H22N2O6/c1-25-14-6-13(7-15(8-14)26-2)20-10-12(5-16(20)21)17(22)19-4-3-11(9-19)18(23)24/h6-8,11-12H,3-5,9-10H2,1-2H3,(H,23,24)/t11-,12+/m1/s1. The maximum atomic E-state index is 12.7. The summed E-state index contributed by atoms with van der Waals surface area (Å²) in [6, 6.07) is 5.16. The molecular formula is C18H22N2O6. The number of carbonyl (C=O) groups is 3. The molecule has 0 aliphatic carbocycles. The minimum atomic E-state index is -0.882. The van der Waals surface area contributed by atoms with Gasteiger partial charge in [-0.1, -0.05) is 0 Å². The van der Waals surface area contributed by atoms with Crippen LogP contribution in [0.2, 0.25) is 0 Å². The smallest absolute Gasteiger partial charge is 0.308 e. The Morgan fingerprint density at radius 1 is 1.08 bits per heavy atom. The van der Waals surface area contributed by atoms with Crippen molar-refractivity contribution in [2.45, 2.75) is 12.8 Å². The molecule has 0 saturated carbocycles. The highest BCUT2D eigenvalue weighted by Gasteiger charge is 2.40. The molecule has 8 nitrogen and oxygen atoms in total. The van der Waals surface area contributed by atoms with E-state index in [1.54, 1.807) is 28.0 Å². The molecule has 26 heavy (non-hydrogen) atoms. The fraction of sp³-hybridized carbons (Fsp3) is 0.500. The van der Waals surface area contributed by atoms with E-state index in [0.717, 1.165) is 0 Å². The molecule has 2 fully saturated rings. The molecule has 140 valence electrons. The first kappa shape index (κ1) is 18.0. The number of amides is 2. The van der Waals surface area contributed by atoms with Crippen LogP contribution in [0, 0.1) is 11.8 Å². The van der Waals surface area contributed by atoms with Gasteiger partial charge >= 0.3 is 5.97 Å². The minimum Gasteiger partial charge on any atom is -0.497 e. The number of nitrogens with zero attached hydrogens (tertiary/aromatic N) is 2. The van der Waals surface area contributed by atoms with Crippen LogP contribution in [0.4, 0.5) is 5.69 Å². The van der Waals surface area contributed by atoms with Gasteiger partial charge in [-0.25, -0.2) is 0 Å². The summed E-state index contributed by atoms with van der Waals surface area (Å²) in [6.45, 7) is 0.904. The van der Waals surface area contributed by atoms with E-state index in [9.17, 15) is 14.4 Å². The van der Waals surface area contributed by atoms with E-state index >= 15 is 0 Å². The van der Waals surface area contributed by atoms with Crippen LogP contribution >= 0.6 is 0 Å². The summed E-state index contributed by atoms with van der Waals surface area (Å²) >= 11 is 0. The number of methoxy groups -OCH3 is 2. The van der Waals surface area contributed by atoms with E-state index in [0.29, 0.717) is 30.2 Å². The van der Waals surface area contributed by atoms with E-state index in [1.807, 2.05) is 0 Å². The Labute approximate surface area is 151 Å². The van der Waals surface area contributed by atoms with Gasteiger partial charge in [0, 0.05) is 44.3 Å². The van der Waals surface area contributed by atoms with E-state index in [4.69, 9.17) is 14.6 Å². The van der Waals surface area contributed by atoms with Crippen LogP contribution in [-0.2, 0) is 14.4 Å². The van der Waals surface area contributed by atoms with Gasteiger partial charge in [0.15, 0.2) is 0 Å². The Balaban J connectivity index is 1.73. The van der Waals surface area contributed by atoms with Crippen molar-refractivity contribution in [3.05, 3.63) is 18.2 Å². The van der Waals surface area contributed by atoms with Gasteiger partial charge in [0.25, 0.3) is 0 Å².